The molecular weight excluding hydrogens is 323 g/mol. The van der Waals surface area contributed by atoms with Crippen molar-refractivity contribution in [3.63, 3.8) is 0 Å². The highest BCUT2D eigenvalue weighted by Gasteiger charge is 2.24. The Balaban J connectivity index is 1.78. The van der Waals surface area contributed by atoms with Crippen molar-refractivity contribution in [1.82, 2.24) is 20.2 Å². The van der Waals surface area contributed by atoms with Crippen LogP contribution in [0.25, 0.3) is 0 Å². The predicted molar refractivity (Wildman–Crippen MR) is 90.6 cm³/mol. The summed E-state index contributed by atoms with van der Waals surface area (Å²) >= 11 is 0. The molecule has 0 saturated heterocycles. The molecule has 132 valence electrons. The molecule has 1 unspecified atom stereocenters. The summed E-state index contributed by atoms with van der Waals surface area (Å²) in [4.78, 5) is 11.1. The smallest absolute Gasteiger partial charge is 0.483 e. The molecule has 2 N–H and O–H groups in total. The van der Waals surface area contributed by atoms with E-state index in [2.05, 4.69) is 15.5 Å². The number of aldehydes is 1. The van der Waals surface area contributed by atoms with Crippen LogP contribution in [0.15, 0.2) is 18.2 Å². The van der Waals surface area contributed by atoms with E-state index in [4.69, 9.17) is 4.74 Å². The van der Waals surface area contributed by atoms with Crippen molar-refractivity contribution in [2.45, 2.75) is 51.2 Å². The van der Waals surface area contributed by atoms with E-state index in [-0.39, 0.29) is 11.0 Å². The second-order valence-electron chi connectivity index (χ2n) is 6.32. The molecule has 3 rings (SSSR count). The van der Waals surface area contributed by atoms with Gasteiger partial charge in [0, 0.05) is 5.56 Å². The molecule has 1 aromatic carbocycles. The lowest BCUT2D eigenvalue weighted by Gasteiger charge is -2.24. The zero-order chi connectivity index (χ0) is 17.8. The van der Waals surface area contributed by atoms with Gasteiger partial charge < -0.3 is 14.8 Å². The Morgan fingerprint density at radius 1 is 1.32 bits per heavy atom. The van der Waals surface area contributed by atoms with Crippen LogP contribution in [-0.2, 0) is 0 Å². The summed E-state index contributed by atoms with van der Waals surface area (Å²) in [6.07, 6.45) is 5.88. The fourth-order valence-electron chi connectivity index (χ4n) is 3.27. The molecule has 1 atom stereocenters. The van der Waals surface area contributed by atoms with Crippen molar-refractivity contribution in [2.24, 2.45) is 0 Å². The Morgan fingerprint density at radius 2 is 2.08 bits per heavy atom. The quantitative estimate of drug-likeness (QED) is 0.589. The van der Waals surface area contributed by atoms with Gasteiger partial charge in [-0.15, -0.1) is 5.10 Å². The number of ether oxygens (including phenoxy) is 1. The van der Waals surface area contributed by atoms with Gasteiger partial charge in [0.1, 0.15) is 12.0 Å². The Kier molecular flexibility index (Phi) is 5.45. The van der Waals surface area contributed by atoms with Crippen molar-refractivity contribution in [3.05, 3.63) is 29.6 Å². The van der Waals surface area contributed by atoms with Gasteiger partial charge in [0.25, 0.3) is 0 Å². The number of carbonyl (C=O) groups is 1. The second-order valence-corrected chi connectivity index (χ2v) is 6.32. The highest BCUT2D eigenvalue weighted by atomic mass is 16.5. The molecule has 1 saturated carbocycles. The van der Waals surface area contributed by atoms with E-state index >= 15 is 0 Å². The standard InChI is InChI=1S/C16H21BN4O4/c1-11(16-18-19-20-21(16)13-5-3-2-4-6-13)25-14-7-8-15(17(23)24)12(9-14)10-22/h7-11,13,23-24H,2-6H2,1H3. The number of rotatable bonds is 6. The summed E-state index contributed by atoms with van der Waals surface area (Å²) in [6.45, 7) is 1.85. The van der Waals surface area contributed by atoms with Crippen LogP contribution in [0.3, 0.4) is 0 Å². The SMILES string of the molecule is CC(Oc1ccc(B(O)O)c(C=O)c1)c1nnnn1C1CCCCC1. The van der Waals surface area contributed by atoms with Gasteiger partial charge in [-0.25, -0.2) is 4.68 Å². The van der Waals surface area contributed by atoms with Gasteiger partial charge in [-0.05, 0) is 47.8 Å². The van der Waals surface area contributed by atoms with E-state index in [1.54, 1.807) is 6.07 Å². The number of hydrogen-bond donors (Lipinski definition) is 2. The maximum absolute atomic E-state index is 11.1. The third kappa shape index (κ3) is 3.88. The topological polar surface area (TPSA) is 110 Å². The van der Waals surface area contributed by atoms with Crippen LogP contribution in [0.1, 0.15) is 67.4 Å². The first kappa shape index (κ1) is 17.6. The van der Waals surface area contributed by atoms with Gasteiger partial charge in [-0.2, -0.15) is 0 Å². The zero-order valence-corrected chi connectivity index (χ0v) is 14.1. The third-order valence-electron chi connectivity index (χ3n) is 4.58. The fourth-order valence-corrected chi connectivity index (χ4v) is 3.27. The van der Waals surface area contributed by atoms with E-state index < -0.39 is 13.2 Å². The van der Waals surface area contributed by atoms with E-state index in [0.717, 1.165) is 12.8 Å². The molecule has 8 nitrogen and oxygen atoms in total. The monoisotopic (exact) mass is 344 g/mol. The zero-order valence-electron chi connectivity index (χ0n) is 14.1. The molecule has 0 bridgehead atoms. The first-order valence-corrected chi connectivity index (χ1v) is 8.50. The van der Waals surface area contributed by atoms with Crippen molar-refractivity contribution >= 4 is 18.9 Å². The molecule has 0 spiro atoms. The van der Waals surface area contributed by atoms with Gasteiger partial charge in [0.05, 0.1) is 6.04 Å². The molecule has 1 aliphatic rings. The van der Waals surface area contributed by atoms with Crippen LogP contribution in [-0.4, -0.2) is 43.7 Å². The van der Waals surface area contributed by atoms with Crippen molar-refractivity contribution < 1.29 is 19.6 Å². The number of benzene rings is 1. The second kappa shape index (κ2) is 7.75. The maximum Gasteiger partial charge on any atom is 0.489 e. The van der Waals surface area contributed by atoms with Crippen LogP contribution in [0.4, 0.5) is 0 Å². The molecule has 0 amide bonds. The Labute approximate surface area is 146 Å². The van der Waals surface area contributed by atoms with Crippen molar-refractivity contribution in [3.8, 4) is 5.75 Å². The minimum atomic E-state index is -1.70. The molecule has 9 heteroatoms. The van der Waals surface area contributed by atoms with Gasteiger partial charge >= 0.3 is 7.12 Å². The summed E-state index contributed by atoms with van der Waals surface area (Å²) in [5.41, 5.74) is 0.314. The minimum absolute atomic E-state index is 0.141. The number of tetrazole rings is 1. The molecule has 1 fully saturated rings. The highest BCUT2D eigenvalue weighted by Crippen LogP contribution is 2.30. The lowest BCUT2D eigenvalue weighted by Crippen LogP contribution is -2.32. The average molecular weight is 344 g/mol. The lowest BCUT2D eigenvalue weighted by molar-refractivity contribution is 0.112. The largest absolute Gasteiger partial charge is 0.489 e. The molecule has 1 aromatic heterocycles. The van der Waals surface area contributed by atoms with Crippen LogP contribution in [0.5, 0.6) is 5.75 Å². The summed E-state index contributed by atoms with van der Waals surface area (Å²) in [6, 6.07) is 4.82. The molecular formula is C16H21BN4O4. The Hall–Kier alpha value is -2.26. The first-order valence-electron chi connectivity index (χ1n) is 8.50. The summed E-state index contributed by atoms with van der Waals surface area (Å²) in [7, 11) is -1.70. The van der Waals surface area contributed by atoms with E-state index in [9.17, 15) is 14.8 Å². The summed E-state index contributed by atoms with van der Waals surface area (Å²) in [5, 5.41) is 30.6. The normalized spacial score (nSPS) is 16.4. The molecule has 2 aromatic rings. The van der Waals surface area contributed by atoms with Gasteiger partial charge in [0.15, 0.2) is 11.9 Å². The number of nitrogens with zero attached hydrogens (tertiary/aromatic N) is 4. The molecule has 1 heterocycles. The Bertz CT molecular complexity index is 731. The molecule has 1 aliphatic carbocycles. The average Bonchev–Trinajstić information content (AvgIpc) is 3.12. The van der Waals surface area contributed by atoms with E-state index in [0.29, 0.717) is 23.9 Å². The van der Waals surface area contributed by atoms with Gasteiger partial charge in [-0.1, -0.05) is 25.3 Å². The molecule has 0 aliphatic heterocycles. The third-order valence-corrected chi connectivity index (χ3v) is 4.58. The highest BCUT2D eigenvalue weighted by molar-refractivity contribution is 6.60. The molecule has 0 radical (unpaired) electrons. The fraction of sp³-hybridized carbons (Fsp3) is 0.500. The van der Waals surface area contributed by atoms with Crippen LogP contribution < -0.4 is 10.2 Å². The maximum atomic E-state index is 11.1. The van der Waals surface area contributed by atoms with Crippen LogP contribution >= 0.6 is 0 Å². The van der Waals surface area contributed by atoms with E-state index in [1.807, 2.05) is 11.6 Å². The Morgan fingerprint density at radius 3 is 2.76 bits per heavy atom. The minimum Gasteiger partial charge on any atom is -0.483 e. The van der Waals surface area contributed by atoms with Crippen LogP contribution in [0, 0.1) is 0 Å². The lowest BCUT2D eigenvalue weighted by atomic mass is 9.77. The summed E-state index contributed by atoms with van der Waals surface area (Å²) < 4.78 is 7.73. The number of hydrogen-bond acceptors (Lipinski definition) is 7. The van der Waals surface area contributed by atoms with E-state index in [1.165, 1.54) is 31.4 Å². The van der Waals surface area contributed by atoms with Gasteiger partial charge in [0.2, 0.25) is 0 Å². The summed E-state index contributed by atoms with van der Waals surface area (Å²) in [5.74, 6) is 1.09. The van der Waals surface area contributed by atoms with Crippen LogP contribution in [0.2, 0.25) is 0 Å². The predicted octanol–water partition coefficient (Wildman–Crippen LogP) is 0.811. The van der Waals surface area contributed by atoms with Crippen molar-refractivity contribution in [2.75, 3.05) is 0 Å². The van der Waals surface area contributed by atoms with Crippen molar-refractivity contribution in [1.29, 1.82) is 0 Å². The van der Waals surface area contributed by atoms with Gasteiger partial charge in [-0.3, -0.25) is 4.79 Å². The molecule has 25 heavy (non-hydrogen) atoms. The number of aromatic nitrogens is 4. The number of carbonyl (C=O) groups excluding carboxylic acids is 1. The first-order chi connectivity index (χ1) is 12.1.